The highest BCUT2D eigenvalue weighted by molar-refractivity contribution is 5.75. The molecule has 2 aliphatic rings. The summed E-state index contributed by atoms with van der Waals surface area (Å²) >= 11 is 0. The maximum atomic E-state index is 12.7. The Bertz CT molecular complexity index is 848. The second kappa shape index (κ2) is 8.51. The molecule has 0 aliphatic carbocycles. The predicted molar refractivity (Wildman–Crippen MR) is 111 cm³/mol. The molecule has 2 aromatic rings. The number of piperazine rings is 1. The molecular formula is C22H27N3O4. The number of urea groups is 1. The van der Waals surface area contributed by atoms with E-state index in [0.717, 1.165) is 48.0 Å². The zero-order chi connectivity index (χ0) is 20.2. The number of carbonyl (C=O) groups excluding carboxylic acids is 1. The van der Waals surface area contributed by atoms with Gasteiger partial charge in [0, 0.05) is 31.9 Å². The molecule has 1 saturated heterocycles. The summed E-state index contributed by atoms with van der Waals surface area (Å²) in [6.07, 6.45) is 0.740. The fourth-order valence-electron chi connectivity index (χ4n) is 3.82. The van der Waals surface area contributed by atoms with Crippen LogP contribution in [0, 0.1) is 0 Å². The Balaban J connectivity index is 1.29. The molecule has 2 aliphatic heterocycles. The SMILES string of the molecule is COc1ccc(N2CCN(C(=O)N[C@@H]3COc4ccc(OC)cc4C3)CC2)cc1. The van der Waals surface area contributed by atoms with Gasteiger partial charge in [-0.2, -0.15) is 0 Å². The molecule has 2 amide bonds. The molecule has 0 unspecified atom stereocenters. The molecule has 7 nitrogen and oxygen atoms in total. The first-order chi connectivity index (χ1) is 14.2. The van der Waals surface area contributed by atoms with Gasteiger partial charge in [0.1, 0.15) is 23.9 Å². The highest BCUT2D eigenvalue weighted by Gasteiger charge is 2.26. The van der Waals surface area contributed by atoms with Crippen molar-refractivity contribution < 1.29 is 19.0 Å². The maximum Gasteiger partial charge on any atom is 0.317 e. The molecule has 1 fully saturated rings. The number of rotatable bonds is 4. The molecule has 7 heteroatoms. The Kier molecular flexibility index (Phi) is 5.64. The lowest BCUT2D eigenvalue weighted by atomic mass is 10.0. The van der Waals surface area contributed by atoms with Crippen LogP contribution in [0.25, 0.3) is 0 Å². The number of amides is 2. The minimum Gasteiger partial charge on any atom is -0.497 e. The van der Waals surface area contributed by atoms with Crippen LogP contribution in [0.2, 0.25) is 0 Å². The van der Waals surface area contributed by atoms with Gasteiger partial charge in [-0.05, 0) is 54.4 Å². The number of hydrogen-bond acceptors (Lipinski definition) is 5. The first-order valence-corrected chi connectivity index (χ1v) is 9.90. The molecule has 0 aromatic heterocycles. The Hall–Kier alpha value is -3.09. The number of nitrogens with one attached hydrogen (secondary N) is 1. The zero-order valence-corrected chi connectivity index (χ0v) is 16.9. The van der Waals surface area contributed by atoms with Crippen LogP contribution >= 0.6 is 0 Å². The summed E-state index contributed by atoms with van der Waals surface area (Å²) in [5, 5.41) is 3.12. The molecule has 4 rings (SSSR count). The molecule has 0 radical (unpaired) electrons. The molecule has 0 spiro atoms. The Morgan fingerprint density at radius 1 is 1.00 bits per heavy atom. The second-order valence-electron chi connectivity index (χ2n) is 7.31. The van der Waals surface area contributed by atoms with E-state index in [9.17, 15) is 4.79 Å². The summed E-state index contributed by atoms with van der Waals surface area (Å²) in [5.41, 5.74) is 2.21. The average Bonchev–Trinajstić information content (AvgIpc) is 2.78. The highest BCUT2D eigenvalue weighted by atomic mass is 16.5. The second-order valence-corrected chi connectivity index (χ2v) is 7.31. The van der Waals surface area contributed by atoms with Gasteiger partial charge in [-0.3, -0.25) is 0 Å². The molecule has 0 saturated carbocycles. The van der Waals surface area contributed by atoms with Crippen LogP contribution in [0.5, 0.6) is 17.2 Å². The van der Waals surface area contributed by atoms with E-state index in [0.29, 0.717) is 19.7 Å². The lowest BCUT2D eigenvalue weighted by Gasteiger charge is -2.37. The zero-order valence-electron chi connectivity index (χ0n) is 16.9. The third-order valence-corrected chi connectivity index (χ3v) is 5.51. The molecule has 0 bridgehead atoms. The number of fused-ring (bicyclic) bond motifs is 1. The van der Waals surface area contributed by atoms with Gasteiger partial charge in [0.2, 0.25) is 0 Å². The van der Waals surface area contributed by atoms with Crippen molar-refractivity contribution in [2.24, 2.45) is 0 Å². The number of ether oxygens (including phenoxy) is 3. The van der Waals surface area contributed by atoms with E-state index in [2.05, 4.69) is 22.3 Å². The smallest absolute Gasteiger partial charge is 0.317 e. The van der Waals surface area contributed by atoms with Crippen molar-refractivity contribution in [3.05, 3.63) is 48.0 Å². The van der Waals surface area contributed by atoms with Gasteiger partial charge in [0.15, 0.2) is 0 Å². The van der Waals surface area contributed by atoms with Crippen LogP contribution in [0.1, 0.15) is 5.56 Å². The number of benzene rings is 2. The van der Waals surface area contributed by atoms with E-state index in [-0.39, 0.29) is 12.1 Å². The van der Waals surface area contributed by atoms with Crippen molar-refractivity contribution in [2.45, 2.75) is 12.5 Å². The molecule has 1 N–H and O–H groups in total. The molecule has 154 valence electrons. The molecule has 29 heavy (non-hydrogen) atoms. The fraction of sp³-hybridized carbons (Fsp3) is 0.409. The highest BCUT2D eigenvalue weighted by Crippen LogP contribution is 2.28. The summed E-state index contributed by atoms with van der Waals surface area (Å²) in [6.45, 7) is 3.48. The Morgan fingerprint density at radius 3 is 2.38 bits per heavy atom. The summed E-state index contributed by atoms with van der Waals surface area (Å²) < 4.78 is 16.3. The van der Waals surface area contributed by atoms with E-state index >= 15 is 0 Å². The van der Waals surface area contributed by atoms with Crippen LogP contribution in [0.3, 0.4) is 0 Å². The van der Waals surface area contributed by atoms with E-state index in [1.54, 1.807) is 14.2 Å². The summed E-state index contributed by atoms with van der Waals surface area (Å²) in [5.74, 6) is 2.51. The predicted octanol–water partition coefficient (Wildman–Crippen LogP) is 2.54. The van der Waals surface area contributed by atoms with Crippen LogP contribution < -0.4 is 24.4 Å². The van der Waals surface area contributed by atoms with Crippen molar-refractivity contribution >= 4 is 11.7 Å². The third kappa shape index (κ3) is 4.34. The minimum absolute atomic E-state index is 0.0284. The van der Waals surface area contributed by atoms with Crippen LogP contribution in [-0.2, 0) is 6.42 Å². The number of nitrogens with zero attached hydrogens (tertiary/aromatic N) is 2. The summed E-state index contributed by atoms with van der Waals surface area (Å²) in [7, 11) is 3.31. The van der Waals surface area contributed by atoms with Gasteiger partial charge in [-0.25, -0.2) is 4.79 Å². The van der Waals surface area contributed by atoms with Gasteiger partial charge < -0.3 is 29.3 Å². The fourth-order valence-corrected chi connectivity index (χ4v) is 3.82. The Labute approximate surface area is 171 Å². The molecule has 2 aromatic carbocycles. The standard InChI is InChI=1S/C22H27N3O4/c1-27-19-5-3-18(4-6-19)24-9-11-25(12-10-24)22(26)23-17-13-16-14-20(28-2)7-8-21(16)29-15-17/h3-8,14,17H,9-13,15H2,1-2H3,(H,23,26)/t17-/m0/s1. The largest absolute Gasteiger partial charge is 0.497 e. The van der Waals surface area contributed by atoms with E-state index in [4.69, 9.17) is 14.2 Å². The number of hydrogen-bond donors (Lipinski definition) is 1. The molecular weight excluding hydrogens is 370 g/mol. The first kappa shape index (κ1) is 19.2. The molecule has 2 heterocycles. The van der Waals surface area contributed by atoms with E-state index < -0.39 is 0 Å². The van der Waals surface area contributed by atoms with Crippen LogP contribution in [0.4, 0.5) is 10.5 Å². The summed E-state index contributed by atoms with van der Waals surface area (Å²) in [6, 6.07) is 13.8. The lowest BCUT2D eigenvalue weighted by molar-refractivity contribution is 0.178. The van der Waals surface area contributed by atoms with Gasteiger partial charge in [-0.15, -0.1) is 0 Å². The van der Waals surface area contributed by atoms with E-state index in [1.165, 1.54) is 0 Å². The normalized spacial score (nSPS) is 18.5. The minimum atomic E-state index is -0.0401. The first-order valence-electron chi connectivity index (χ1n) is 9.90. The summed E-state index contributed by atoms with van der Waals surface area (Å²) in [4.78, 5) is 16.9. The van der Waals surface area contributed by atoms with Crippen molar-refractivity contribution in [2.75, 3.05) is 51.9 Å². The van der Waals surface area contributed by atoms with Crippen molar-refractivity contribution in [1.82, 2.24) is 10.2 Å². The third-order valence-electron chi connectivity index (χ3n) is 5.51. The van der Waals surface area contributed by atoms with Crippen molar-refractivity contribution in [3.63, 3.8) is 0 Å². The van der Waals surface area contributed by atoms with Crippen molar-refractivity contribution in [3.8, 4) is 17.2 Å². The van der Waals surface area contributed by atoms with Gasteiger partial charge in [0.25, 0.3) is 0 Å². The maximum absolute atomic E-state index is 12.7. The number of carbonyl (C=O) groups is 1. The topological polar surface area (TPSA) is 63.3 Å². The lowest BCUT2D eigenvalue weighted by Crippen LogP contribution is -2.55. The van der Waals surface area contributed by atoms with Crippen LogP contribution in [0.15, 0.2) is 42.5 Å². The monoisotopic (exact) mass is 397 g/mol. The number of anilines is 1. The Morgan fingerprint density at radius 2 is 1.69 bits per heavy atom. The van der Waals surface area contributed by atoms with E-state index in [1.807, 2.05) is 35.2 Å². The van der Waals surface area contributed by atoms with Gasteiger partial charge in [-0.1, -0.05) is 0 Å². The quantitative estimate of drug-likeness (QED) is 0.859. The average molecular weight is 397 g/mol. The van der Waals surface area contributed by atoms with Crippen LogP contribution in [-0.4, -0.2) is 64.0 Å². The molecule has 1 atom stereocenters. The van der Waals surface area contributed by atoms with Gasteiger partial charge >= 0.3 is 6.03 Å². The van der Waals surface area contributed by atoms with Crippen molar-refractivity contribution in [1.29, 1.82) is 0 Å². The number of methoxy groups -OCH3 is 2. The van der Waals surface area contributed by atoms with Gasteiger partial charge in [0.05, 0.1) is 20.3 Å².